The summed E-state index contributed by atoms with van der Waals surface area (Å²) in [6, 6.07) is 8.18. The summed E-state index contributed by atoms with van der Waals surface area (Å²) in [7, 11) is 0. The van der Waals surface area contributed by atoms with Crippen LogP contribution in [0.4, 0.5) is 5.69 Å². The standard InChI is InChI=1S/C19H26N2O3/c1-13-12-14-6-2-5-9-17(14)21(13)19(24)16-8-4-3-7-15(16)18(23)20-10-11-22/h2,5-6,9,13,15-16,22H,3-4,7-8,10-12H2,1H3,(H,20,23). The molecule has 0 saturated heterocycles. The number of amides is 2. The van der Waals surface area contributed by atoms with Gasteiger partial charge in [0.25, 0.3) is 0 Å². The molecular formula is C19H26N2O3. The van der Waals surface area contributed by atoms with Crippen molar-refractivity contribution in [3.63, 3.8) is 0 Å². The molecular weight excluding hydrogens is 304 g/mol. The smallest absolute Gasteiger partial charge is 0.231 e. The third-order valence-electron chi connectivity index (χ3n) is 5.28. The van der Waals surface area contributed by atoms with Crippen LogP contribution in [0.25, 0.3) is 0 Å². The molecule has 1 saturated carbocycles. The van der Waals surface area contributed by atoms with E-state index in [1.54, 1.807) is 0 Å². The Morgan fingerprint density at radius 1 is 1.21 bits per heavy atom. The summed E-state index contributed by atoms with van der Waals surface area (Å²) in [5.41, 5.74) is 2.20. The number of benzene rings is 1. The second kappa shape index (κ2) is 7.34. The van der Waals surface area contributed by atoms with Crippen molar-refractivity contribution in [2.45, 2.75) is 45.1 Å². The number of carbonyl (C=O) groups is 2. The van der Waals surface area contributed by atoms with E-state index in [2.05, 4.69) is 18.3 Å². The van der Waals surface area contributed by atoms with E-state index in [0.717, 1.165) is 37.8 Å². The second-order valence-corrected chi connectivity index (χ2v) is 6.90. The molecule has 1 fully saturated rings. The zero-order valence-electron chi connectivity index (χ0n) is 14.2. The maximum absolute atomic E-state index is 13.3. The molecule has 1 aliphatic heterocycles. The summed E-state index contributed by atoms with van der Waals surface area (Å²) in [6.07, 6.45) is 4.35. The van der Waals surface area contributed by atoms with Crippen molar-refractivity contribution in [1.29, 1.82) is 0 Å². The molecule has 1 aromatic carbocycles. The van der Waals surface area contributed by atoms with Crippen LogP contribution in [0.3, 0.4) is 0 Å². The van der Waals surface area contributed by atoms with Crippen LogP contribution in [0.5, 0.6) is 0 Å². The summed E-state index contributed by atoms with van der Waals surface area (Å²) < 4.78 is 0. The fourth-order valence-electron chi connectivity index (χ4n) is 4.13. The first-order valence-corrected chi connectivity index (χ1v) is 8.93. The highest BCUT2D eigenvalue weighted by molar-refractivity contribution is 6.00. The van der Waals surface area contributed by atoms with Crippen molar-refractivity contribution in [3.8, 4) is 0 Å². The third-order valence-corrected chi connectivity index (χ3v) is 5.28. The Bertz CT molecular complexity index is 616. The third kappa shape index (κ3) is 3.18. The first-order chi connectivity index (χ1) is 11.6. The number of rotatable bonds is 4. The Morgan fingerprint density at radius 2 is 1.92 bits per heavy atom. The molecule has 5 nitrogen and oxygen atoms in total. The van der Waals surface area contributed by atoms with E-state index in [1.165, 1.54) is 5.56 Å². The molecule has 0 radical (unpaired) electrons. The minimum absolute atomic E-state index is 0.0758. The molecule has 3 atom stereocenters. The lowest BCUT2D eigenvalue weighted by Crippen LogP contribution is -2.47. The van der Waals surface area contributed by atoms with E-state index in [0.29, 0.717) is 0 Å². The van der Waals surface area contributed by atoms with Gasteiger partial charge in [0.05, 0.1) is 12.5 Å². The van der Waals surface area contributed by atoms with E-state index < -0.39 is 0 Å². The average Bonchev–Trinajstić information content (AvgIpc) is 2.94. The van der Waals surface area contributed by atoms with Gasteiger partial charge >= 0.3 is 0 Å². The zero-order chi connectivity index (χ0) is 17.1. The Balaban J connectivity index is 1.80. The fraction of sp³-hybridized carbons (Fsp3) is 0.579. The van der Waals surface area contributed by atoms with Gasteiger partial charge in [0.2, 0.25) is 11.8 Å². The van der Waals surface area contributed by atoms with Crippen LogP contribution in [0.2, 0.25) is 0 Å². The van der Waals surface area contributed by atoms with E-state index in [1.807, 2.05) is 23.1 Å². The van der Waals surface area contributed by atoms with Gasteiger partial charge in [-0.05, 0) is 37.8 Å². The van der Waals surface area contributed by atoms with E-state index in [4.69, 9.17) is 5.11 Å². The van der Waals surface area contributed by atoms with Crippen LogP contribution in [0.1, 0.15) is 38.2 Å². The Kier molecular flexibility index (Phi) is 5.19. The molecule has 1 aliphatic carbocycles. The molecule has 3 unspecified atom stereocenters. The highest BCUT2D eigenvalue weighted by Crippen LogP contribution is 2.37. The normalized spacial score (nSPS) is 26.1. The SMILES string of the molecule is CC1Cc2ccccc2N1C(=O)C1CCCCC1C(=O)NCCO. The molecule has 0 spiro atoms. The van der Waals surface area contributed by atoms with Crippen molar-refractivity contribution >= 4 is 17.5 Å². The van der Waals surface area contributed by atoms with Gasteiger partial charge < -0.3 is 15.3 Å². The van der Waals surface area contributed by atoms with Crippen LogP contribution < -0.4 is 10.2 Å². The summed E-state index contributed by atoms with van der Waals surface area (Å²) in [5.74, 6) is -0.553. The second-order valence-electron chi connectivity index (χ2n) is 6.90. The molecule has 2 aliphatic rings. The minimum Gasteiger partial charge on any atom is -0.395 e. The Morgan fingerprint density at radius 3 is 2.67 bits per heavy atom. The molecule has 1 aromatic rings. The predicted molar refractivity (Wildman–Crippen MR) is 92.6 cm³/mol. The monoisotopic (exact) mass is 330 g/mol. The summed E-state index contributed by atoms with van der Waals surface area (Å²) >= 11 is 0. The van der Waals surface area contributed by atoms with Crippen LogP contribution in [0, 0.1) is 11.8 Å². The van der Waals surface area contributed by atoms with E-state index in [-0.39, 0.29) is 42.8 Å². The van der Waals surface area contributed by atoms with Crippen LogP contribution in [-0.4, -0.2) is 36.1 Å². The highest BCUT2D eigenvalue weighted by Gasteiger charge is 2.41. The largest absolute Gasteiger partial charge is 0.395 e. The van der Waals surface area contributed by atoms with Crippen molar-refractivity contribution in [2.24, 2.45) is 11.8 Å². The maximum Gasteiger partial charge on any atom is 0.231 e. The van der Waals surface area contributed by atoms with E-state index in [9.17, 15) is 9.59 Å². The Hall–Kier alpha value is -1.88. The van der Waals surface area contributed by atoms with Gasteiger partial charge in [0.15, 0.2) is 0 Å². The van der Waals surface area contributed by atoms with Crippen molar-refractivity contribution in [1.82, 2.24) is 5.32 Å². The summed E-state index contributed by atoms with van der Waals surface area (Å²) in [5, 5.41) is 11.7. The van der Waals surface area contributed by atoms with Crippen molar-refractivity contribution in [3.05, 3.63) is 29.8 Å². The van der Waals surface area contributed by atoms with Crippen LogP contribution >= 0.6 is 0 Å². The molecule has 1 heterocycles. The molecule has 0 aromatic heterocycles. The maximum atomic E-state index is 13.3. The van der Waals surface area contributed by atoms with Crippen LogP contribution in [-0.2, 0) is 16.0 Å². The van der Waals surface area contributed by atoms with Gasteiger partial charge in [-0.15, -0.1) is 0 Å². The first kappa shape index (κ1) is 17.0. The number of nitrogens with zero attached hydrogens (tertiary/aromatic N) is 1. The summed E-state index contributed by atoms with van der Waals surface area (Å²) in [4.78, 5) is 27.6. The number of carbonyl (C=O) groups excluding carboxylic acids is 2. The van der Waals surface area contributed by atoms with Gasteiger partial charge in [0, 0.05) is 24.2 Å². The molecule has 5 heteroatoms. The van der Waals surface area contributed by atoms with Gasteiger partial charge in [-0.3, -0.25) is 9.59 Å². The fourth-order valence-corrected chi connectivity index (χ4v) is 4.13. The van der Waals surface area contributed by atoms with Gasteiger partial charge in [0.1, 0.15) is 0 Å². The van der Waals surface area contributed by atoms with Crippen LogP contribution in [0.15, 0.2) is 24.3 Å². The van der Waals surface area contributed by atoms with Crippen molar-refractivity contribution < 1.29 is 14.7 Å². The highest BCUT2D eigenvalue weighted by atomic mass is 16.3. The number of hydrogen-bond donors (Lipinski definition) is 2. The zero-order valence-corrected chi connectivity index (χ0v) is 14.2. The molecule has 24 heavy (non-hydrogen) atoms. The lowest BCUT2D eigenvalue weighted by atomic mass is 9.77. The molecule has 2 amide bonds. The van der Waals surface area contributed by atoms with Gasteiger partial charge in [-0.25, -0.2) is 0 Å². The lowest BCUT2D eigenvalue weighted by Gasteiger charge is -2.34. The minimum atomic E-state index is -0.280. The van der Waals surface area contributed by atoms with Gasteiger partial charge in [-0.1, -0.05) is 31.0 Å². The van der Waals surface area contributed by atoms with Crippen molar-refractivity contribution in [2.75, 3.05) is 18.1 Å². The summed E-state index contributed by atoms with van der Waals surface area (Å²) in [6.45, 7) is 2.24. The number of aliphatic hydroxyl groups excluding tert-OH is 1. The number of hydrogen-bond acceptors (Lipinski definition) is 3. The number of nitrogens with one attached hydrogen (secondary N) is 1. The lowest BCUT2D eigenvalue weighted by molar-refractivity contribution is -0.135. The number of fused-ring (bicyclic) bond motifs is 1. The van der Waals surface area contributed by atoms with Gasteiger partial charge in [-0.2, -0.15) is 0 Å². The van der Waals surface area contributed by atoms with E-state index >= 15 is 0 Å². The predicted octanol–water partition coefficient (Wildman–Crippen LogP) is 1.88. The number of anilines is 1. The molecule has 3 rings (SSSR count). The molecule has 2 N–H and O–H groups in total. The topological polar surface area (TPSA) is 69.6 Å². The molecule has 0 bridgehead atoms. The Labute approximate surface area is 143 Å². The number of aliphatic hydroxyl groups is 1. The molecule has 130 valence electrons. The number of para-hydroxylation sites is 1. The quantitative estimate of drug-likeness (QED) is 0.885. The first-order valence-electron chi connectivity index (χ1n) is 8.93. The average molecular weight is 330 g/mol.